The SMILES string of the molecule is C=C1C=C(c2ccncn2)N=C(N2CCCC(c3cccc(N(C)C)c3)C2)N1N. The number of hydrogen-bond donors (Lipinski definition) is 1. The molecule has 0 amide bonds. The number of hydrazine groups is 1. The second-order valence-corrected chi connectivity index (χ2v) is 7.67. The third-order valence-corrected chi connectivity index (χ3v) is 5.46. The van der Waals surface area contributed by atoms with E-state index in [0.29, 0.717) is 11.6 Å². The van der Waals surface area contributed by atoms with Crippen LogP contribution in [0.3, 0.4) is 0 Å². The van der Waals surface area contributed by atoms with Crippen molar-refractivity contribution in [3.8, 4) is 0 Å². The first kappa shape index (κ1) is 19.1. The molecule has 150 valence electrons. The number of nitrogens with zero attached hydrogens (tertiary/aromatic N) is 6. The van der Waals surface area contributed by atoms with Crippen molar-refractivity contribution >= 4 is 17.3 Å². The molecule has 7 heteroatoms. The normalized spacial score (nSPS) is 19.7. The lowest BCUT2D eigenvalue weighted by molar-refractivity contribution is 0.277. The summed E-state index contributed by atoms with van der Waals surface area (Å²) in [6.45, 7) is 5.88. The van der Waals surface area contributed by atoms with Gasteiger partial charge in [-0.15, -0.1) is 0 Å². The second-order valence-electron chi connectivity index (χ2n) is 7.67. The molecular weight excluding hydrogens is 362 g/mol. The van der Waals surface area contributed by atoms with E-state index < -0.39 is 0 Å². The maximum atomic E-state index is 6.32. The summed E-state index contributed by atoms with van der Waals surface area (Å²) in [5.74, 6) is 7.47. The molecule has 2 aliphatic rings. The van der Waals surface area contributed by atoms with Gasteiger partial charge in [0.05, 0.1) is 17.1 Å². The van der Waals surface area contributed by atoms with Gasteiger partial charge in [-0.25, -0.2) is 25.8 Å². The largest absolute Gasteiger partial charge is 0.378 e. The van der Waals surface area contributed by atoms with E-state index in [4.69, 9.17) is 10.8 Å². The van der Waals surface area contributed by atoms with Gasteiger partial charge in [-0.05, 0) is 42.7 Å². The summed E-state index contributed by atoms with van der Waals surface area (Å²) < 4.78 is 0. The Morgan fingerprint density at radius 3 is 2.86 bits per heavy atom. The molecule has 0 radical (unpaired) electrons. The molecule has 1 atom stereocenters. The molecule has 1 unspecified atom stereocenters. The van der Waals surface area contributed by atoms with Gasteiger partial charge < -0.3 is 9.80 Å². The highest BCUT2D eigenvalue weighted by atomic mass is 15.5. The molecule has 2 aliphatic heterocycles. The summed E-state index contributed by atoms with van der Waals surface area (Å²) >= 11 is 0. The molecule has 1 saturated heterocycles. The fraction of sp³-hybridized carbons (Fsp3) is 0.318. The zero-order valence-electron chi connectivity index (χ0n) is 17.0. The molecule has 1 fully saturated rings. The molecule has 0 bridgehead atoms. The van der Waals surface area contributed by atoms with E-state index in [-0.39, 0.29) is 0 Å². The first-order chi connectivity index (χ1) is 14.0. The van der Waals surface area contributed by atoms with E-state index in [1.807, 2.05) is 12.1 Å². The van der Waals surface area contributed by atoms with Gasteiger partial charge in [-0.2, -0.15) is 0 Å². The first-order valence-electron chi connectivity index (χ1n) is 9.85. The molecule has 3 heterocycles. The monoisotopic (exact) mass is 389 g/mol. The van der Waals surface area contributed by atoms with Crippen molar-refractivity contribution in [1.29, 1.82) is 0 Å². The summed E-state index contributed by atoms with van der Waals surface area (Å²) in [4.78, 5) is 17.5. The van der Waals surface area contributed by atoms with Gasteiger partial charge in [0.25, 0.3) is 0 Å². The highest BCUT2D eigenvalue weighted by molar-refractivity contribution is 5.90. The summed E-state index contributed by atoms with van der Waals surface area (Å²) in [6.07, 6.45) is 7.33. The molecule has 7 nitrogen and oxygen atoms in total. The number of guanidine groups is 1. The van der Waals surface area contributed by atoms with E-state index >= 15 is 0 Å². The van der Waals surface area contributed by atoms with Crippen molar-refractivity contribution in [2.45, 2.75) is 18.8 Å². The Morgan fingerprint density at radius 1 is 1.24 bits per heavy atom. The number of anilines is 1. The minimum Gasteiger partial charge on any atom is -0.378 e. The van der Waals surface area contributed by atoms with E-state index in [1.54, 1.807) is 11.2 Å². The smallest absolute Gasteiger partial charge is 0.221 e. The molecule has 0 spiro atoms. The first-order valence-corrected chi connectivity index (χ1v) is 9.85. The van der Waals surface area contributed by atoms with Crippen molar-refractivity contribution in [3.05, 3.63) is 72.5 Å². The van der Waals surface area contributed by atoms with E-state index in [2.05, 4.69) is 64.7 Å². The van der Waals surface area contributed by atoms with Crippen molar-refractivity contribution < 1.29 is 0 Å². The minimum atomic E-state index is 0.432. The minimum absolute atomic E-state index is 0.432. The van der Waals surface area contributed by atoms with Gasteiger partial charge in [0, 0.05) is 45.0 Å². The van der Waals surface area contributed by atoms with Gasteiger partial charge in [0.1, 0.15) is 6.33 Å². The molecule has 2 N–H and O–H groups in total. The van der Waals surface area contributed by atoms with Crippen molar-refractivity contribution in [1.82, 2.24) is 19.9 Å². The Bertz CT molecular complexity index is 949. The fourth-order valence-corrected chi connectivity index (χ4v) is 3.83. The average Bonchev–Trinajstić information content (AvgIpc) is 2.76. The number of allylic oxidation sites excluding steroid dienone is 1. The maximum Gasteiger partial charge on any atom is 0.221 e. The predicted molar refractivity (Wildman–Crippen MR) is 117 cm³/mol. The number of likely N-dealkylation sites (tertiary alicyclic amines) is 1. The van der Waals surface area contributed by atoms with Crippen LogP contribution in [-0.2, 0) is 0 Å². The quantitative estimate of drug-likeness (QED) is 0.814. The van der Waals surface area contributed by atoms with E-state index in [9.17, 15) is 0 Å². The zero-order valence-corrected chi connectivity index (χ0v) is 17.0. The van der Waals surface area contributed by atoms with Crippen LogP contribution in [0, 0.1) is 0 Å². The number of hydrogen-bond acceptors (Lipinski definition) is 7. The third-order valence-electron chi connectivity index (χ3n) is 5.46. The van der Waals surface area contributed by atoms with E-state index in [0.717, 1.165) is 43.3 Å². The van der Waals surface area contributed by atoms with Crippen molar-refractivity contribution in [2.75, 3.05) is 32.1 Å². The van der Waals surface area contributed by atoms with Gasteiger partial charge in [0.2, 0.25) is 5.96 Å². The van der Waals surface area contributed by atoms with Gasteiger partial charge >= 0.3 is 0 Å². The number of rotatable bonds is 3. The predicted octanol–water partition coefficient (Wildman–Crippen LogP) is 2.82. The molecule has 1 aromatic heterocycles. The third kappa shape index (κ3) is 4.00. The topological polar surface area (TPSA) is 73.9 Å². The highest BCUT2D eigenvalue weighted by Crippen LogP contribution is 2.31. The average molecular weight is 390 g/mol. The number of piperidine rings is 1. The van der Waals surface area contributed by atoms with Crippen LogP contribution in [0.5, 0.6) is 0 Å². The molecule has 0 saturated carbocycles. The Morgan fingerprint density at radius 2 is 2.10 bits per heavy atom. The van der Waals surface area contributed by atoms with Crippen LogP contribution in [0.4, 0.5) is 5.69 Å². The van der Waals surface area contributed by atoms with E-state index in [1.165, 1.54) is 17.6 Å². The number of aliphatic imine (C=N–C) groups is 1. The molecule has 29 heavy (non-hydrogen) atoms. The molecule has 2 aromatic rings. The maximum absolute atomic E-state index is 6.32. The van der Waals surface area contributed by atoms with Crippen LogP contribution in [0.2, 0.25) is 0 Å². The van der Waals surface area contributed by atoms with Crippen LogP contribution >= 0.6 is 0 Å². The lowest BCUT2D eigenvalue weighted by Crippen LogP contribution is -2.51. The number of nitrogens with two attached hydrogens (primary N) is 1. The molecular formula is C22H27N7. The number of aromatic nitrogens is 2. The zero-order chi connectivity index (χ0) is 20.4. The second kappa shape index (κ2) is 8.05. The van der Waals surface area contributed by atoms with Gasteiger partial charge in [0.15, 0.2) is 0 Å². The summed E-state index contributed by atoms with van der Waals surface area (Å²) in [7, 11) is 4.14. The Labute approximate surface area is 171 Å². The molecule has 0 aliphatic carbocycles. The van der Waals surface area contributed by atoms with Crippen LogP contribution in [0.1, 0.15) is 30.0 Å². The van der Waals surface area contributed by atoms with Crippen LogP contribution in [-0.4, -0.2) is 53.0 Å². The summed E-state index contributed by atoms with van der Waals surface area (Å²) in [5.41, 5.74) is 4.79. The molecule has 1 aromatic carbocycles. The Balaban J connectivity index is 1.60. The van der Waals surface area contributed by atoms with Gasteiger partial charge in [-0.1, -0.05) is 18.7 Å². The lowest BCUT2D eigenvalue weighted by atomic mass is 9.90. The van der Waals surface area contributed by atoms with Crippen LogP contribution in [0.15, 0.2) is 66.2 Å². The molecule has 4 rings (SSSR count). The van der Waals surface area contributed by atoms with Crippen LogP contribution in [0.25, 0.3) is 5.70 Å². The summed E-state index contributed by atoms with van der Waals surface area (Å²) in [6, 6.07) is 10.6. The van der Waals surface area contributed by atoms with Crippen LogP contribution < -0.4 is 10.7 Å². The Kier molecular flexibility index (Phi) is 5.31. The van der Waals surface area contributed by atoms with Gasteiger partial charge in [-0.3, -0.25) is 0 Å². The Hall–Kier alpha value is -3.19. The van der Waals surface area contributed by atoms with Crippen molar-refractivity contribution in [2.24, 2.45) is 10.8 Å². The lowest BCUT2D eigenvalue weighted by Gasteiger charge is -2.39. The number of benzene rings is 1. The van der Waals surface area contributed by atoms with Crippen molar-refractivity contribution in [3.63, 3.8) is 0 Å². The highest BCUT2D eigenvalue weighted by Gasteiger charge is 2.29. The standard InChI is InChI=1S/C22H27N7/c1-16-12-21(20-9-10-24-15-25-20)26-22(29(16)23)28-11-5-7-18(14-28)17-6-4-8-19(13-17)27(2)3/h4,6,8-10,12-13,15,18H,1,5,7,11,14,23H2,2-3H3. The summed E-state index contributed by atoms with van der Waals surface area (Å²) in [5, 5.41) is 1.57. The fourth-order valence-electron chi connectivity index (χ4n) is 3.83.